The van der Waals surface area contributed by atoms with Crippen molar-refractivity contribution in [3.8, 4) is 0 Å². The molecule has 1 saturated heterocycles. The number of para-hydroxylation sites is 1. The lowest BCUT2D eigenvalue weighted by atomic mass is 9.97. The number of carbonyl (C=O) groups is 2. The Hall–Kier alpha value is -2.53. The number of hydrogen-bond donors (Lipinski definition) is 0. The standard InChI is InChI=1S/C24H26N2O2S/c1-16-9-10-17(2)19(14-16)21(27)11-12-23(28)26-13-5-6-18(15-26)24-25-20-7-3-4-8-22(20)29-24/h3-4,7-10,14,18H,5-6,11-13,15H2,1-2H3/t18-/m1/s1. The predicted molar refractivity (Wildman–Crippen MR) is 118 cm³/mol. The molecule has 0 N–H and O–H groups in total. The van der Waals surface area contributed by atoms with Gasteiger partial charge in [0.15, 0.2) is 5.78 Å². The van der Waals surface area contributed by atoms with Gasteiger partial charge in [0.05, 0.1) is 15.2 Å². The molecular formula is C24H26N2O2S. The van der Waals surface area contributed by atoms with Crippen LogP contribution in [0.25, 0.3) is 10.2 Å². The Kier molecular flexibility index (Phi) is 5.76. The van der Waals surface area contributed by atoms with E-state index in [0.29, 0.717) is 12.5 Å². The fourth-order valence-electron chi connectivity index (χ4n) is 4.02. The molecule has 1 aliphatic heterocycles. The average Bonchev–Trinajstić information content (AvgIpc) is 3.18. The highest BCUT2D eigenvalue weighted by atomic mass is 32.1. The Morgan fingerprint density at radius 2 is 1.97 bits per heavy atom. The second kappa shape index (κ2) is 8.46. The number of hydrogen-bond acceptors (Lipinski definition) is 4. The summed E-state index contributed by atoms with van der Waals surface area (Å²) >= 11 is 1.73. The predicted octanol–water partition coefficient (Wildman–Crippen LogP) is 5.28. The van der Waals surface area contributed by atoms with Crippen LogP contribution in [0.3, 0.4) is 0 Å². The highest BCUT2D eigenvalue weighted by Crippen LogP contribution is 2.33. The summed E-state index contributed by atoms with van der Waals surface area (Å²) in [4.78, 5) is 32.1. The number of thiazole rings is 1. The number of aryl methyl sites for hydroxylation is 2. The molecule has 2 heterocycles. The Bertz CT molecular complexity index is 1020. The van der Waals surface area contributed by atoms with Crippen molar-refractivity contribution in [1.82, 2.24) is 9.88 Å². The minimum absolute atomic E-state index is 0.0549. The van der Waals surface area contributed by atoms with Gasteiger partial charge in [0.2, 0.25) is 5.91 Å². The normalized spacial score (nSPS) is 16.9. The first kappa shape index (κ1) is 19.8. The average molecular weight is 407 g/mol. The highest BCUT2D eigenvalue weighted by molar-refractivity contribution is 7.18. The Balaban J connectivity index is 1.38. The van der Waals surface area contributed by atoms with E-state index in [1.54, 1.807) is 11.3 Å². The van der Waals surface area contributed by atoms with E-state index >= 15 is 0 Å². The molecule has 150 valence electrons. The van der Waals surface area contributed by atoms with E-state index in [4.69, 9.17) is 4.98 Å². The molecule has 3 aromatic rings. The van der Waals surface area contributed by atoms with E-state index in [1.165, 1.54) is 4.70 Å². The molecule has 1 fully saturated rings. The molecule has 0 unspecified atom stereocenters. The highest BCUT2D eigenvalue weighted by Gasteiger charge is 2.27. The summed E-state index contributed by atoms with van der Waals surface area (Å²) in [7, 11) is 0. The van der Waals surface area contributed by atoms with Gasteiger partial charge >= 0.3 is 0 Å². The van der Waals surface area contributed by atoms with Crippen molar-refractivity contribution in [1.29, 1.82) is 0 Å². The zero-order valence-electron chi connectivity index (χ0n) is 17.0. The summed E-state index contributed by atoms with van der Waals surface area (Å²) in [6, 6.07) is 14.1. The van der Waals surface area contributed by atoms with Gasteiger partial charge in [-0.3, -0.25) is 9.59 Å². The van der Waals surface area contributed by atoms with Gasteiger partial charge in [-0.1, -0.05) is 29.8 Å². The Morgan fingerprint density at radius 3 is 2.79 bits per heavy atom. The summed E-state index contributed by atoms with van der Waals surface area (Å²) in [6.07, 6.45) is 2.59. The summed E-state index contributed by atoms with van der Waals surface area (Å²) in [5.41, 5.74) is 3.82. The SMILES string of the molecule is Cc1ccc(C)c(C(=O)CCC(=O)N2CCC[C@@H](c3nc4ccccc4s3)C2)c1. The molecule has 0 bridgehead atoms. The molecule has 4 nitrogen and oxygen atoms in total. The van der Waals surface area contributed by atoms with Crippen molar-refractivity contribution < 1.29 is 9.59 Å². The largest absolute Gasteiger partial charge is 0.342 e. The molecule has 0 spiro atoms. The van der Waals surface area contributed by atoms with Crippen molar-refractivity contribution in [2.24, 2.45) is 0 Å². The van der Waals surface area contributed by atoms with Gasteiger partial charge in [-0.25, -0.2) is 4.98 Å². The number of piperidine rings is 1. The molecule has 0 radical (unpaired) electrons. The van der Waals surface area contributed by atoms with E-state index in [9.17, 15) is 9.59 Å². The van der Waals surface area contributed by atoms with Gasteiger partial charge in [-0.2, -0.15) is 0 Å². The van der Waals surface area contributed by atoms with Crippen LogP contribution in [0.4, 0.5) is 0 Å². The molecule has 0 aliphatic carbocycles. The van der Waals surface area contributed by atoms with E-state index in [-0.39, 0.29) is 24.5 Å². The monoisotopic (exact) mass is 406 g/mol. The van der Waals surface area contributed by atoms with Crippen molar-refractivity contribution in [2.45, 2.75) is 45.4 Å². The van der Waals surface area contributed by atoms with Crippen LogP contribution in [0.5, 0.6) is 0 Å². The van der Waals surface area contributed by atoms with Crippen molar-refractivity contribution >= 4 is 33.2 Å². The smallest absolute Gasteiger partial charge is 0.223 e. The summed E-state index contributed by atoms with van der Waals surface area (Å²) in [5, 5.41) is 1.12. The maximum absolute atomic E-state index is 12.8. The fraction of sp³-hybridized carbons (Fsp3) is 0.375. The molecular weight excluding hydrogens is 380 g/mol. The fourth-order valence-corrected chi connectivity index (χ4v) is 5.11. The molecule has 0 saturated carbocycles. The number of ketones is 1. The number of fused-ring (bicyclic) bond motifs is 1. The van der Waals surface area contributed by atoms with Crippen molar-refractivity contribution in [3.05, 3.63) is 64.2 Å². The minimum atomic E-state index is 0.0549. The lowest BCUT2D eigenvalue weighted by Gasteiger charge is -2.32. The molecule has 2 aromatic carbocycles. The van der Waals surface area contributed by atoms with Crippen LogP contribution in [0.15, 0.2) is 42.5 Å². The second-order valence-corrected chi connectivity index (χ2v) is 9.00. The summed E-state index contributed by atoms with van der Waals surface area (Å²) in [5.74, 6) is 0.425. The lowest BCUT2D eigenvalue weighted by Crippen LogP contribution is -2.39. The Labute approximate surface area is 175 Å². The molecule has 1 atom stereocenters. The van der Waals surface area contributed by atoms with Crippen LogP contribution in [0.2, 0.25) is 0 Å². The third-order valence-electron chi connectivity index (χ3n) is 5.69. The zero-order chi connectivity index (χ0) is 20.4. The molecule has 4 rings (SSSR count). The molecule has 5 heteroatoms. The quantitative estimate of drug-likeness (QED) is 0.542. The maximum Gasteiger partial charge on any atom is 0.223 e. The van der Waals surface area contributed by atoms with Crippen LogP contribution in [-0.2, 0) is 4.79 Å². The maximum atomic E-state index is 12.8. The zero-order valence-corrected chi connectivity index (χ0v) is 17.8. The third kappa shape index (κ3) is 4.40. The van der Waals surface area contributed by atoms with Gasteiger partial charge in [-0.15, -0.1) is 11.3 Å². The number of rotatable bonds is 5. The van der Waals surface area contributed by atoms with Crippen LogP contribution in [-0.4, -0.2) is 34.7 Å². The van der Waals surface area contributed by atoms with Crippen LogP contribution in [0, 0.1) is 13.8 Å². The van der Waals surface area contributed by atoms with Gasteiger partial charge in [0.1, 0.15) is 0 Å². The first-order valence-electron chi connectivity index (χ1n) is 10.2. The first-order chi connectivity index (χ1) is 14.0. The topological polar surface area (TPSA) is 50.3 Å². The molecule has 1 aliphatic rings. The number of Topliss-reactive ketones (excluding diaryl/α,β-unsaturated/α-hetero) is 1. The second-order valence-electron chi connectivity index (χ2n) is 7.94. The number of benzene rings is 2. The lowest BCUT2D eigenvalue weighted by molar-refractivity contribution is -0.132. The minimum Gasteiger partial charge on any atom is -0.342 e. The van der Waals surface area contributed by atoms with E-state index in [2.05, 4.69) is 6.07 Å². The van der Waals surface area contributed by atoms with E-state index < -0.39 is 0 Å². The number of nitrogens with zero attached hydrogens (tertiary/aromatic N) is 2. The van der Waals surface area contributed by atoms with Crippen molar-refractivity contribution in [2.75, 3.05) is 13.1 Å². The van der Waals surface area contributed by atoms with Crippen LogP contribution < -0.4 is 0 Å². The van der Waals surface area contributed by atoms with Gasteiger partial charge in [-0.05, 0) is 50.5 Å². The van der Waals surface area contributed by atoms with Crippen LogP contribution >= 0.6 is 11.3 Å². The first-order valence-corrected chi connectivity index (χ1v) is 11.1. The van der Waals surface area contributed by atoms with E-state index in [0.717, 1.165) is 46.6 Å². The number of carbonyl (C=O) groups excluding carboxylic acids is 2. The number of likely N-dealkylation sites (tertiary alicyclic amines) is 1. The summed E-state index contributed by atoms with van der Waals surface area (Å²) in [6.45, 7) is 5.41. The molecule has 1 amide bonds. The number of amides is 1. The molecule has 1 aromatic heterocycles. The van der Waals surface area contributed by atoms with Gasteiger partial charge < -0.3 is 4.90 Å². The van der Waals surface area contributed by atoms with Gasteiger partial charge in [0.25, 0.3) is 0 Å². The molecule has 29 heavy (non-hydrogen) atoms. The number of aromatic nitrogens is 1. The van der Waals surface area contributed by atoms with Crippen LogP contribution in [0.1, 0.15) is 58.1 Å². The summed E-state index contributed by atoms with van der Waals surface area (Å²) < 4.78 is 1.20. The van der Waals surface area contributed by atoms with E-state index in [1.807, 2.05) is 55.1 Å². The van der Waals surface area contributed by atoms with Gasteiger partial charge in [0, 0.05) is 37.4 Å². The third-order valence-corrected chi connectivity index (χ3v) is 6.89. The van der Waals surface area contributed by atoms with Crippen molar-refractivity contribution in [3.63, 3.8) is 0 Å². The Morgan fingerprint density at radius 1 is 1.14 bits per heavy atom.